The van der Waals surface area contributed by atoms with E-state index >= 15 is 0 Å². The monoisotopic (exact) mass is 263 g/mol. The molecule has 5 heteroatoms. The highest BCUT2D eigenvalue weighted by molar-refractivity contribution is 5.75. The third-order valence-corrected chi connectivity index (χ3v) is 2.69. The summed E-state index contributed by atoms with van der Waals surface area (Å²) in [5.74, 6) is 0.738. The second-order valence-corrected chi connectivity index (χ2v) is 6.72. The standard InChI is InChI=1S/C14H21N3O2/c1-13(2,3)9-14(4,5)19-10-6-7-11-12(8-10)16-17(18)15-11/h6-8,18H,9H2,1-5H3. The fraction of sp³-hybridized carbons (Fsp3) is 0.571. The number of fused-ring (bicyclic) bond motifs is 1. The van der Waals surface area contributed by atoms with E-state index in [2.05, 4.69) is 44.8 Å². The molecule has 2 aromatic rings. The zero-order valence-corrected chi connectivity index (χ0v) is 12.1. The average Bonchev–Trinajstić information content (AvgIpc) is 2.52. The molecule has 0 saturated carbocycles. The summed E-state index contributed by atoms with van der Waals surface area (Å²) in [5, 5.41) is 16.9. The summed E-state index contributed by atoms with van der Waals surface area (Å²) in [4.78, 5) is 0.578. The van der Waals surface area contributed by atoms with Crippen LogP contribution in [0.15, 0.2) is 18.2 Å². The van der Waals surface area contributed by atoms with Gasteiger partial charge in [0.15, 0.2) is 0 Å². The quantitative estimate of drug-likeness (QED) is 0.863. The van der Waals surface area contributed by atoms with Gasteiger partial charge in [-0.05, 0) is 42.8 Å². The molecule has 0 atom stereocenters. The van der Waals surface area contributed by atoms with Gasteiger partial charge in [-0.3, -0.25) is 0 Å². The molecule has 0 amide bonds. The Bertz CT molecular complexity index is 582. The number of nitrogens with zero attached hydrogens (tertiary/aromatic N) is 3. The summed E-state index contributed by atoms with van der Waals surface area (Å²) in [6.45, 7) is 10.7. The third-order valence-electron chi connectivity index (χ3n) is 2.69. The predicted molar refractivity (Wildman–Crippen MR) is 73.5 cm³/mol. The molecule has 1 aromatic carbocycles. The minimum absolute atomic E-state index is 0.196. The molecule has 0 aliphatic heterocycles. The second-order valence-electron chi connectivity index (χ2n) is 6.72. The average molecular weight is 263 g/mol. The van der Waals surface area contributed by atoms with Crippen molar-refractivity contribution in [2.75, 3.05) is 0 Å². The SMILES string of the molecule is CC(C)(C)CC(C)(C)Oc1ccc2nn(O)nc2c1. The van der Waals surface area contributed by atoms with E-state index in [0.717, 1.165) is 12.2 Å². The van der Waals surface area contributed by atoms with Crippen LogP contribution in [0.5, 0.6) is 5.75 Å². The van der Waals surface area contributed by atoms with Gasteiger partial charge in [0, 0.05) is 6.07 Å². The molecule has 1 heterocycles. The van der Waals surface area contributed by atoms with Gasteiger partial charge >= 0.3 is 0 Å². The lowest BCUT2D eigenvalue weighted by Gasteiger charge is -2.33. The minimum Gasteiger partial charge on any atom is -0.488 e. The Hall–Kier alpha value is -1.78. The van der Waals surface area contributed by atoms with Gasteiger partial charge in [-0.2, -0.15) is 0 Å². The van der Waals surface area contributed by atoms with Crippen LogP contribution in [-0.2, 0) is 0 Å². The molecule has 0 aliphatic carbocycles. The molecule has 0 unspecified atom stereocenters. The van der Waals surface area contributed by atoms with Gasteiger partial charge in [0.2, 0.25) is 0 Å². The summed E-state index contributed by atoms with van der Waals surface area (Å²) in [7, 11) is 0. The smallest absolute Gasteiger partial charge is 0.122 e. The Labute approximate surface area is 113 Å². The van der Waals surface area contributed by atoms with Gasteiger partial charge in [0.25, 0.3) is 0 Å². The first kappa shape index (κ1) is 13.6. The van der Waals surface area contributed by atoms with Crippen LogP contribution in [0.4, 0.5) is 0 Å². The van der Waals surface area contributed by atoms with Crippen molar-refractivity contribution in [3.05, 3.63) is 18.2 Å². The molecule has 0 bridgehead atoms. The molecule has 19 heavy (non-hydrogen) atoms. The highest BCUT2D eigenvalue weighted by atomic mass is 16.5. The van der Waals surface area contributed by atoms with Crippen molar-refractivity contribution in [2.45, 2.75) is 46.6 Å². The van der Waals surface area contributed by atoms with Crippen LogP contribution in [0.25, 0.3) is 11.0 Å². The second kappa shape index (κ2) is 4.40. The predicted octanol–water partition coefficient (Wildman–Crippen LogP) is 3.26. The summed E-state index contributed by atoms with van der Waals surface area (Å²) >= 11 is 0. The fourth-order valence-electron chi connectivity index (χ4n) is 2.58. The molecule has 104 valence electrons. The van der Waals surface area contributed by atoms with Crippen LogP contribution in [0.2, 0.25) is 0 Å². The maximum atomic E-state index is 9.19. The number of aromatic nitrogens is 3. The highest BCUT2D eigenvalue weighted by Crippen LogP contribution is 2.31. The first-order valence-corrected chi connectivity index (χ1v) is 6.40. The topological polar surface area (TPSA) is 60.2 Å². The molecule has 1 aromatic heterocycles. The van der Waals surface area contributed by atoms with E-state index in [4.69, 9.17) is 4.74 Å². The van der Waals surface area contributed by atoms with Crippen LogP contribution in [-0.4, -0.2) is 26.0 Å². The van der Waals surface area contributed by atoms with E-state index in [1.807, 2.05) is 6.07 Å². The van der Waals surface area contributed by atoms with Crippen LogP contribution >= 0.6 is 0 Å². The van der Waals surface area contributed by atoms with Crippen LogP contribution < -0.4 is 4.74 Å². The van der Waals surface area contributed by atoms with E-state index < -0.39 is 0 Å². The van der Waals surface area contributed by atoms with Gasteiger partial charge < -0.3 is 9.94 Å². The molecule has 0 radical (unpaired) electrons. The molecule has 1 N–H and O–H groups in total. The van der Waals surface area contributed by atoms with E-state index in [1.54, 1.807) is 12.1 Å². The molecule has 0 saturated heterocycles. The molecular formula is C14H21N3O2. The zero-order chi connectivity index (χ0) is 14.3. The lowest BCUT2D eigenvalue weighted by atomic mass is 9.83. The van der Waals surface area contributed by atoms with E-state index in [0.29, 0.717) is 16.0 Å². The van der Waals surface area contributed by atoms with Crippen LogP contribution in [0.3, 0.4) is 0 Å². The summed E-state index contributed by atoms with van der Waals surface area (Å²) in [5.41, 5.74) is 1.19. The summed E-state index contributed by atoms with van der Waals surface area (Å²) in [6.07, 6.45) is 0.935. The van der Waals surface area contributed by atoms with Gasteiger partial charge in [-0.1, -0.05) is 20.8 Å². The maximum absolute atomic E-state index is 9.19. The Kier molecular flexibility index (Phi) is 3.16. The Morgan fingerprint density at radius 3 is 2.37 bits per heavy atom. The van der Waals surface area contributed by atoms with Gasteiger partial charge in [-0.25, -0.2) is 0 Å². The van der Waals surface area contributed by atoms with E-state index in [1.165, 1.54) is 0 Å². The van der Waals surface area contributed by atoms with Crippen molar-refractivity contribution in [3.8, 4) is 5.75 Å². The van der Waals surface area contributed by atoms with Crippen molar-refractivity contribution in [2.24, 2.45) is 5.41 Å². The fourth-order valence-corrected chi connectivity index (χ4v) is 2.58. The molecule has 5 nitrogen and oxygen atoms in total. The molecule has 0 aliphatic rings. The largest absolute Gasteiger partial charge is 0.488 e. The first-order chi connectivity index (χ1) is 8.65. The van der Waals surface area contributed by atoms with Gasteiger partial charge in [-0.15, -0.1) is 10.2 Å². The molecular weight excluding hydrogens is 242 g/mol. The zero-order valence-electron chi connectivity index (χ0n) is 12.1. The normalized spacial score (nSPS) is 12.9. The van der Waals surface area contributed by atoms with E-state index in [9.17, 15) is 5.21 Å². The number of hydrogen-bond donors (Lipinski definition) is 1. The number of benzene rings is 1. The summed E-state index contributed by atoms with van der Waals surface area (Å²) in [6, 6.07) is 5.43. The minimum atomic E-state index is -0.263. The van der Waals surface area contributed by atoms with Gasteiger partial charge in [0.1, 0.15) is 22.4 Å². The molecule has 0 fully saturated rings. The lowest BCUT2D eigenvalue weighted by molar-refractivity contribution is 0.0623. The number of ether oxygens (including phenoxy) is 1. The van der Waals surface area contributed by atoms with Crippen molar-refractivity contribution in [1.29, 1.82) is 0 Å². The molecule has 2 rings (SSSR count). The van der Waals surface area contributed by atoms with Crippen molar-refractivity contribution in [1.82, 2.24) is 15.2 Å². The Morgan fingerprint density at radius 1 is 1.11 bits per heavy atom. The lowest BCUT2D eigenvalue weighted by Crippen LogP contribution is -2.33. The van der Waals surface area contributed by atoms with Crippen molar-refractivity contribution >= 4 is 11.0 Å². The maximum Gasteiger partial charge on any atom is 0.122 e. The van der Waals surface area contributed by atoms with Crippen molar-refractivity contribution in [3.63, 3.8) is 0 Å². The Balaban J connectivity index is 2.20. The Morgan fingerprint density at radius 2 is 1.74 bits per heavy atom. The number of rotatable bonds is 3. The summed E-state index contributed by atoms with van der Waals surface area (Å²) < 4.78 is 6.04. The van der Waals surface area contributed by atoms with Crippen LogP contribution in [0.1, 0.15) is 41.0 Å². The van der Waals surface area contributed by atoms with Gasteiger partial charge in [0.05, 0.1) is 0 Å². The molecule has 0 spiro atoms. The first-order valence-electron chi connectivity index (χ1n) is 6.40. The highest BCUT2D eigenvalue weighted by Gasteiger charge is 2.27. The van der Waals surface area contributed by atoms with Crippen LogP contribution in [0, 0.1) is 5.41 Å². The van der Waals surface area contributed by atoms with Crippen molar-refractivity contribution < 1.29 is 9.94 Å². The third kappa shape index (κ3) is 3.59. The number of hydrogen-bond acceptors (Lipinski definition) is 4. The van der Waals surface area contributed by atoms with E-state index in [-0.39, 0.29) is 11.0 Å².